The summed E-state index contributed by atoms with van der Waals surface area (Å²) in [5.41, 5.74) is 0. The summed E-state index contributed by atoms with van der Waals surface area (Å²) in [5.74, 6) is -0.235. The van der Waals surface area contributed by atoms with E-state index in [0.29, 0.717) is 13.0 Å². The summed E-state index contributed by atoms with van der Waals surface area (Å²) in [6, 6.07) is 0. The molecule has 6 heteroatoms. The van der Waals surface area contributed by atoms with E-state index in [0.717, 1.165) is 26.3 Å². The highest BCUT2D eigenvalue weighted by atomic mass is 32.2. The number of nitrogens with zero attached hydrogens (tertiary/aromatic N) is 2. The molecule has 1 rings (SSSR count). The van der Waals surface area contributed by atoms with Crippen LogP contribution in [0.15, 0.2) is 0 Å². The molecule has 0 saturated carbocycles. The third-order valence-corrected chi connectivity index (χ3v) is 4.62. The SMILES string of the molecule is CCCCCCCCN1CCN(CCCS(=O)(=O)[O-])C1. The van der Waals surface area contributed by atoms with Gasteiger partial charge in [0.1, 0.15) is 0 Å². The lowest BCUT2D eigenvalue weighted by atomic mass is 10.1. The van der Waals surface area contributed by atoms with Crippen LogP contribution < -0.4 is 0 Å². The summed E-state index contributed by atoms with van der Waals surface area (Å²) in [7, 11) is -4.04. The topological polar surface area (TPSA) is 63.7 Å². The van der Waals surface area contributed by atoms with E-state index in [1.54, 1.807) is 0 Å². The summed E-state index contributed by atoms with van der Waals surface area (Å²) in [6.07, 6.45) is 8.35. The van der Waals surface area contributed by atoms with Crippen LogP contribution in [0.5, 0.6) is 0 Å². The molecule has 0 radical (unpaired) electrons. The molecule has 0 aromatic rings. The van der Waals surface area contributed by atoms with Gasteiger partial charge in [-0.15, -0.1) is 0 Å². The van der Waals surface area contributed by atoms with Crippen LogP contribution in [0.1, 0.15) is 51.9 Å². The second-order valence-electron chi connectivity index (χ2n) is 5.76. The summed E-state index contributed by atoms with van der Waals surface area (Å²) in [5, 5.41) is 0. The van der Waals surface area contributed by atoms with Gasteiger partial charge in [-0.2, -0.15) is 0 Å². The molecule has 20 heavy (non-hydrogen) atoms. The van der Waals surface area contributed by atoms with Crippen molar-refractivity contribution >= 4 is 10.1 Å². The van der Waals surface area contributed by atoms with Crippen molar-refractivity contribution in [1.82, 2.24) is 9.80 Å². The normalized spacial score (nSPS) is 17.9. The van der Waals surface area contributed by atoms with Crippen molar-refractivity contribution in [3.63, 3.8) is 0 Å². The van der Waals surface area contributed by atoms with Crippen LogP contribution in [-0.4, -0.2) is 61.4 Å². The molecule has 1 aliphatic rings. The van der Waals surface area contributed by atoms with Gasteiger partial charge >= 0.3 is 0 Å². The number of unbranched alkanes of at least 4 members (excludes halogenated alkanes) is 5. The Kier molecular flexibility index (Phi) is 8.68. The molecule has 0 N–H and O–H groups in total. The molecule has 0 spiro atoms. The quantitative estimate of drug-likeness (QED) is 0.430. The molecule has 1 fully saturated rings. The second kappa shape index (κ2) is 9.71. The minimum atomic E-state index is -4.04. The Morgan fingerprint density at radius 2 is 1.45 bits per heavy atom. The smallest absolute Gasteiger partial charge is 0.0946 e. The molecule has 1 saturated heterocycles. The minimum Gasteiger partial charge on any atom is -0.748 e. The predicted octanol–water partition coefficient (Wildman–Crippen LogP) is 1.86. The molecule has 1 heterocycles. The van der Waals surface area contributed by atoms with E-state index < -0.39 is 10.1 Å². The molecule has 0 atom stereocenters. The first kappa shape index (κ1) is 17.9. The van der Waals surface area contributed by atoms with E-state index in [4.69, 9.17) is 0 Å². The first-order valence-corrected chi connectivity index (χ1v) is 9.47. The van der Waals surface area contributed by atoms with Crippen LogP contribution >= 0.6 is 0 Å². The van der Waals surface area contributed by atoms with E-state index in [1.807, 2.05) is 0 Å². The van der Waals surface area contributed by atoms with Gasteiger partial charge in [-0.1, -0.05) is 39.0 Å². The third-order valence-electron chi connectivity index (χ3n) is 3.83. The Morgan fingerprint density at radius 3 is 2.05 bits per heavy atom. The lowest BCUT2D eigenvalue weighted by Crippen LogP contribution is -2.28. The van der Waals surface area contributed by atoms with Crippen molar-refractivity contribution in [3.8, 4) is 0 Å². The van der Waals surface area contributed by atoms with Gasteiger partial charge in [0, 0.05) is 25.4 Å². The number of hydrogen-bond donors (Lipinski definition) is 0. The van der Waals surface area contributed by atoms with Crippen molar-refractivity contribution in [1.29, 1.82) is 0 Å². The Morgan fingerprint density at radius 1 is 0.900 bits per heavy atom. The standard InChI is InChI=1S/C14H30N2O3S/c1-2-3-4-5-6-7-9-15-11-12-16(14-15)10-8-13-20(17,18)19/h2-14H2,1H3,(H,17,18,19)/p-1. The van der Waals surface area contributed by atoms with Crippen LogP contribution in [0, 0.1) is 0 Å². The Balaban J connectivity index is 1.99. The van der Waals surface area contributed by atoms with Gasteiger partial charge in [-0.3, -0.25) is 9.80 Å². The second-order valence-corrected chi connectivity index (χ2v) is 7.28. The molecule has 0 aromatic carbocycles. The summed E-state index contributed by atoms with van der Waals surface area (Å²) >= 11 is 0. The fourth-order valence-electron chi connectivity index (χ4n) is 2.65. The molecule has 5 nitrogen and oxygen atoms in total. The van der Waals surface area contributed by atoms with E-state index in [9.17, 15) is 13.0 Å². The van der Waals surface area contributed by atoms with Crippen LogP contribution in [0.25, 0.3) is 0 Å². The van der Waals surface area contributed by atoms with Gasteiger partial charge in [-0.25, -0.2) is 8.42 Å². The van der Waals surface area contributed by atoms with Crippen LogP contribution in [0.4, 0.5) is 0 Å². The average Bonchev–Trinajstić information content (AvgIpc) is 2.80. The van der Waals surface area contributed by atoms with E-state index in [1.165, 1.54) is 38.5 Å². The molecule has 0 aliphatic carbocycles. The molecule has 0 bridgehead atoms. The maximum atomic E-state index is 10.5. The highest BCUT2D eigenvalue weighted by Crippen LogP contribution is 2.10. The lowest BCUT2D eigenvalue weighted by molar-refractivity contribution is 0.242. The number of rotatable bonds is 11. The van der Waals surface area contributed by atoms with Gasteiger partial charge in [0.2, 0.25) is 0 Å². The van der Waals surface area contributed by atoms with Gasteiger partial charge in [0.05, 0.1) is 16.8 Å². The minimum absolute atomic E-state index is 0.235. The molecule has 0 unspecified atom stereocenters. The van der Waals surface area contributed by atoms with E-state index >= 15 is 0 Å². The molecular weight excluding hydrogens is 276 g/mol. The van der Waals surface area contributed by atoms with Crippen LogP contribution in [0.2, 0.25) is 0 Å². The lowest BCUT2D eigenvalue weighted by Gasteiger charge is -2.18. The first-order chi connectivity index (χ1) is 9.51. The van der Waals surface area contributed by atoms with Crippen molar-refractivity contribution < 1.29 is 13.0 Å². The van der Waals surface area contributed by atoms with Crippen molar-refractivity contribution in [3.05, 3.63) is 0 Å². The average molecular weight is 305 g/mol. The van der Waals surface area contributed by atoms with Gasteiger partial charge in [0.25, 0.3) is 0 Å². The third kappa shape index (κ3) is 8.89. The van der Waals surface area contributed by atoms with Crippen molar-refractivity contribution in [2.24, 2.45) is 0 Å². The summed E-state index contributed by atoms with van der Waals surface area (Å²) < 4.78 is 31.6. The molecule has 120 valence electrons. The Bertz CT molecular complexity index is 346. The van der Waals surface area contributed by atoms with Gasteiger partial charge in [0.15, 0.2) is 0 Å². The van der Waals surface area contributed by atoms with Crippen LogP contribution in [-0.2, 0) is 10.1 Å². The predicted molar refractivity (Wildman–Crippen MR) is 80.6 cm³/mol. The number of hydrogen-bond acceptors (Lipinski definition) is 5. The zero-order valence-electron chi connectivity index (χ0n) is 12.7. The van der Waals surface area contributed by atoms with E-state index in [2.05, 4.69) is 16.7 Å². The molecule has 0 aromatic heterocycles. The monoisotopic (exact) mass is 305 g/mol. The molecule has 1 aliphatic heterocycles. The fourth-order valence-corrected chi connectivity index (χ4v) is 3.14. The first-order valence-electron chi connectivity index (χ1n) is 7.89. The maximum Gasteiger partial charge on any atom is 0.0946 e. The Labute approximate surface area is 124 Å². The molecule has 0 amide bonds. The van der Waals surface area contributed by atoms with Crippen molar-refractivity contribution in [2.75, 3.05) is 38.6 Å². The fraction of sp³-hybridized carbons (Fsp3) is 1.00. The highest BCUT2D eigenvalue weighted by Gasteiger charge is 2.18. The zero-order chi connectivity index (χ0) is 14.8. The highest BCUT2D eigenvalue weighted by molar-refractivity contribution is 7.85. The summed E-state index contributed by atoms with van der Waals surface area (Å²) in [6.45, 7) is 7.08. The summed E-state index contributed by atoms with van der Waals surface area (Å²) in [4.78, 5) is 4.66. The maximum absolute atomic E-state index is 10.5. The van der Waals surface area contributed by atoms with Crippen LogP contribution in [0.3, 0.4) is 0 Å². The zero-order valence-corrected chi connectivity index (χ0v) is 13.5. The Hall–Kier alpha value is -0.170. The largest absolute Gasteiger partial charge is 0.748 e. The van der Waals surface area contributed by atoms with Gasteiger partial charge < -0.3 is 4.55 Å². The van der Waals surface area contributed by atoms with Gasteiger partial charge in [-0.05, 0) is 19.4 Å². The van der Waals surface area contributed by atoms with E-state index in [-0.39, 0.29) is 5.75 Å². The molecular formula is C14H29N2O3S-. The van der Waals surface area contributed by atoms with Crippen molar-refractivity contribution in [2.45, 2.75) is 51.9 Å².